The van der Waals surface area contributed by atoms with E-state index in [-0.39, 0.29) is 0 Å². The van der Waals surface area contributed by atoms with Crippen LogP contribution in [0, 0.1) is 6.92 Å². The normalized spacial score (nSPS) is 21.6. The Balaban J connectivity index is 1.51. The summed E-state index contributed by atoms with van der Waals surface area (Å²) in [5.41, 5.74) is 2.68. The molecule has 1 saturated heterocycles. The third-order valence-electron chi connectivity index (χ3n) is 5.00. The molecule has 1 aliphatic carbocycles. The van der Waals surface area contributed by atoms with E-state index in [1.807, 2.05) is 0 Å². The summed E-state index contributed by atoms with van der Waals surface area (Å²) in [6, 6.07) is 2.99. The SMILES string of the molecule is Cc1cc(CCCN2CCCC2)nn1C1CCCCC1. The van der Waals surface area contributed by atoms with Crippen molar-refractivity contribution in [2.24, 2.45) is 0 Å². The third-order valence-corrected chi connectivity index (χ3v) is 5.00. The topological polar surface area (TPSA) is 21.1 Å². The van der Waals surface area contributed by atoms with Crippen LogP contribution in [0.15, 0.2) is 6.07 Å². The van der Waals surface area contributed by atoms with Crippen molar-refractivity contribution in [2.75, 3.05) is 19.6 Å². The summed E-state index contributed by atoms with van der Waals surface area (Å²) in [5.74, 6) is 0. The average molecular weight is 275 g/mol. The van der Waals surface area contributed by atoms with Crippen LogP contribution < -0.4 is 0 Å². The Morgan fingerprint density at radius 3 is 2.60 bits per heavy atom. The molecule has 3 nitrogen and oxygen atoms in total. The molecule has 20 heavy (non-hydrogen) atoms. The number of aryl methyl sites for hydroxylation is 2. The maximum atomic E-state index is 4.90. The maximum absolute atomic E-state index is 4.90. The second kappa shape index (κ2) is 6.75. The molecule has 3 heteroatoms. The van der Waals surface area contributed by atoms with E-state index in [4.69, 9.17) is 5.10 Å². The summed E-state index contributed by atoms with van der Waals surface area (Å²) in [5, 5.41) is 4.90. The fourth-order valence-corrected chi connectivity index (χ4v) is 3.86. The fourth-order valence-electron chi connectivity index (χ4n) is 3.86. The molecular weight excluding hydrogens is 246 g/mol. The van der Waals surface area contributed by atoms with Crippen molar-refractivity contribution in [3.8, 4) is 0 Å². The van der Waals surface area contributed by atoms with Gasteiger partial charge in [0.25, 0.3) is 0 Å². The fraction of sp³-hybridized carbons (Fsp3) is 0.824. The number of aromatic nitrogens is 2. The summed E-state index contributed by atoms with van der Waals surface area (Å²) in [6.07, 6.45) is 12.1. The van der Waals surface area contributed by atoms with Crippen molar-refractivity contribution in [2.45, 2.75) is 70.8 Å². The van der Waals surface area contributed by atoms with Crippen LogP contribution in [-0.2, 0) is 6.42 Å². The first-order chi connectivity index (χ1) is 9.83. The quantitative estimate of drug-likeness (QED) is 0.816. The molecule has 2 heterocycles. The second-order valence-electron chi connectivity index (χ2n) is 6.67. The zero-order valence-corrected chi connectivity index (χ0v) is 13.0. The molecule has 0 spiro atoms. The van der Waals surface area contributed by atoms with E-state index in [0.717, 1.165) is 6.42 Å². The molecule has 0 atom stereocenters. The van der Waals surface area contributed by atoms with Gasteiger partial charge in [0.2, 0.25) is 0 Å². The minimum Gasteiger partial charge on any atom is -0.303 e. The van der Waals surface area contributed by atoms with Crippen molar-refractivity contribution >= 4 is 0 Å². The van der Waals surface area contributed by atoms with Crippen molar-refractivity contribution in [1.82, 2.24) is 14.7 Å². The molecule has 2 aliphatic rings. The Kier molecular flexibility index (Phi) is 4.77. The number of hydrogen-bond donors (Lipinski definition) is 0. The smallest absolute Gasteiger partial charge is 0.0628 e. The van der Waals surface area contributed by atoms with Crippen LogP contribution in [0.25, 0.3) is 0 Å². The zero-order chi connectivity index (χ0) is 13.8. The predicted molar refractivity (Wildman–Crippen MR) is 83.1 cm³/mol. The zero-order valence-electron chi connectivity index (χ0n) is 13.0. The molecule has 112 valence electrons. The highest BCUT2D eigenvalue weighted by atomic mass is 15.3. The average Bonchev–Trinajstić information content (AvgIpc) is 3.10. The van der Waals surface area contributed by atoms with Crippen LogP contribution >= 0.6 is 0 Å². The summed E-state index contributed by atoms with van der Waals surface area (Å²) < 4.78 is 2.32. The second-order valence-corrected chi connectivity index (χ2v) is 6.67. The van der Waals surface area contributed by atoms with Crippen molar-refractivity contribution in [1.29, 1.82) is 0 Å². The Morgan fingerprint density at radius 2 is 1.85 bits per heavy atom. The van der Waals surface area contributed by atoms with Gasteiger partial charge in [-0.2, -0.15) is 5.10 Å². The molecule has 1 aromatic heterocycles. The van der Waals surface area contributed by atoms with Crippen LogP contribution in [0.1, 0.15) is 68.8 Å². The van der Waals surface area contributed by atoms with Crippen LogP contribution in [0.5, 0.6) is 0 Å². The van der Waals surface area contributed by atoms with Gasteiger partial charge in [-0.15, -0.1) is 0 Å². The molecule has 0 aromatic carbocycles. The van der Waals surface area contributed by atoms with Crippen molar-refractivity contribution in [3.05, 3.63) is 17.5 Å². The van der Waals surface area contributed by atoms with Gasteiger partial charge in [0.05, 0.1) is 11.7 Å². The summed E-state index contributed by atoms with van der Waals surface area (Å²) in [6.45, 7) is 6.12. The van der Waals surface area contributed by atoms with Crippen LogP contribution in [-0.4, -0.2) is 34.3 Å². The van der Waals surface area contributed by atoms with E-state index in [2.05, 4.69) is 22.6 Å². The van der Waals surface area contributed by atoms with E-state index < -0.39 is 0 Å². The highest BCUT2D eigenvalue weighted by Gasteiger charge is 2.18. The third kappa shape index (κ3) is 3.43. The van der Waals surface area contributed by atoms with Crippen molar-refractivity contribution < 1.29 is 0 Å². The highest BCUT2D eigenvalue weighted by Crippen LogP contribution is 2.28. The first-order valence-corrected chi connectivity index (χ1v) is 8.60. The van der Waals surface area contributed by atoms with Gasteiger partial charge in [0, 0.05) is 5.69 Å². The molecular formula is C17H29N3. The molecule has 2 fully saturated rings. The lowest BCUT2D eigenvalue weighted by molar-refractivity contribution is 0.320. The largest absolute Gasteiger partial charge is 0.303 e. The molecule has 1 saturated carbocycles. The Morgan fingerprint density at radius 1 is 1.10 bits per heavy atom. The molecule has 0 amide bonds. The molecule has 3 rings (SSSR count). The van der Waals surface area contributed by atoms with Gasteiger partial charge in [-0.1, -0.05) is 19.3 Å². The van der Waals surface area contributed by atoms with Gasteiger partial charge in [-0.05, 0) is 71.1 Å². The van der Waals surface area contributed by atoms with Gasteiger partial charge >= 0.3 is 0 Å². The Labute approximate surface area is 123 Å². The predicted octanol–water partition coefficient (Wildman–Crippen LogP) is 3.73. The first kappa shape index (κ1) is 14.1. The standard InChI is InChI=1S/C17H29N3/c1-15-14-16(8-7-13-19-11-5-6-12-19)18-20(15)17-9-3-2-4-10-17/h14,17H,2-13H2,1H3. The van der Waals surface area contributed by atoms with E-state index >= 15 is 0 Å². The van der Waals surface area contributed by atoms with E-state index in [1.54, 1.807) is 0 Å². The molecule has 0 bridgehead atoms. The molecule has 0 radical (unpaired) electrons. The lowest BCUT2D eigenvalue weighted by Crippen LogP contribution is -2.20. The minimum absolute atomic E-state index is 0.677. The van der Waals surface area contributed by atoms with Gasteiger partial charge in [0.1, 0.15) is 0 Å². The first-order valence-electron chi connectivity index (χ1n) is 8.60. The molecule has 0 unspecified atom stereocenters. The summed E-state index contributed by atoms with van der Waals surface area (Å²) in [4.78, 5) is 2.60. The van der Waals surface area contributed by atoms with Crippen LogP contribution in [0.2, 0.25) is 0 Å². The Hall–Kier alpha value is -0.830. The number of likely N-dealkylation sites (tertiary alicyclic amines) is 1. The maximum Gasteiger partial charge on any atom is 0.0628 e. The van der Waals surface area contributed by atoms with Gasteiger partial charge in [-0.25, -0.2) is 0 Å². The lowest BCUT2D eigenvalue weighted by atomic mass is 9.95. The van der Waals surface area contributed by atoms with Gasteiger partial charge < -0.3 is 4.90 Å². The minimum atomic E-state index is 0.677. The van der Waals surface area contributed by atoms with Crippen LogP contribution in [0.3, 0.4) is 0 Å². The Bertz CT molecular complexity index is 412. The van der Waals surface area contributed by atoms with Gasteiger partial charge in [-0.3, -0.25) is 4.68 Å². The summed E-state index contributed by atoms with van der Waals surface area (Å²) >= 11 is 0. The number of rotatable bonds is 5. The monoisotopic (exact) mass is 275 g/mol. The number of nitrogens with zero attached hydrogens (tertiary/aromatic N) is 3. The lowest BCUT2D eigenvalue weighted by Gasteiger charge is -2.23. The number of hydrogen-bond acceptors (Lipinski definition) is 2. The van der Waals surface area contributed by atoms with Gasteiger partial charge in [0.15, 0.2) is 0 Å². The highest BCUT2D eigenvalue weighted by molar-refractivity contribution is 5.10. The molecule has 1 aromatic rings. The molecule has 1 aliphatic heterocycles. The van der Waals surface area contributed by atoms with Crippen LogP contribution in [0.4, 0.5) is 0 Å². The van der Waals surface area contributed by atoms with E-state index in [1.165, 1.54) is 82.4 Å². The summed E-state index contributed by atoms with van der Waals surface area (Å²) in [7, 11) is 0. The van der Waals surface area contributed by atoms with E-state index in [9.17, 15) is 0 Å². The molecule has 0 N–H and O–H groups in total. The van der Waals surface area contributed by atoms with Crippen molar-refractivity contribution in [3.63, 3.8) is 0 Å². The van der Waals surface area contributed by atoms with E-state index in [0.29, 0.717) is 6.04 Å².